The Bertz CT molecular complexity index is 1460. The first-order chi connectivity index (χ1) is 24.9. The quantitative estimate of drug-likeness (QED) is 0.0598. The predicted molar refractivity (Wildman–Crippen MR) is 146 cm³/mol. The number of hydrogen-bond acceptors (Lipinski definition) is 4. The lowest BCUT2D eigenvalue weighted by Crippen LogP contribution is -2.70. The van der Waals surface area contributed by atoms with Crippen LogP contribution >= 0.6 is 23.5 Å². The Balaban J connectivity index is 3.25. The van der Waals surface area contributed by atoms with Crippen LogP contribution in [0.5, 0.6) is 5.75 Å². The van der Waals surface area contributed by atoms with E-state index in [2.05, 4.69) is 0 Å². The van der Waals surface area contributed by atoms with E-state index in [9.17, 15) is 119 Å². The number of esters is 1. The molecule has 30 heteroatoms. The first-order valence-electron chi connectivity index (χ1n) is 14.2. The van der Waals surface area contributed by atoms with Crippen LogP contribution in [-0.4, -0.2) is 89.1 Å². The molecule has 0 unspecified atom stereocenters. The molecule has 334 valence electrons. The highest BCUT2D eigenvalue weighted by Crippen LogP contribution is 2.62. The van der Waals surface area contributed by atoms with Gasteiger partial charge in [0, 0.05) is 42.4 Å². The molecule has 2 nitrogen and oxygen atoms in total. The maximum Gasteiger partial charge on any atom is 0.460 e. The van der Waals surface area contributed by atoms with Crippen LogP contribution in [0.1, 0.15) is 36.5 Å². The molecule has 0 N–H and O–H groups in total. The van der Waals surface area contributed by atoms with Gasteiger partial charge in [-0.05, 0) is 18.4 Å². The molecule has 0 bridgehead atoms. The van der Waals surface area contributed by atoms with E-state index in [-0.39, 0.29) is 29.1 Å². The molecule has 0 fully saturated rings. The van der Waals surface area contributed by atoms with Gasteiger partial charge in [-0.1, -0.05) is 17.7 Å². The van der Waals surface area contributed by atoms with Crippen molar-refractivity contribution >= 4 is 29.5 Å². The number of aryl methyl sites for hydroxylation is 1. The van der Waals surface area contributed by atoms with Gasteiger partial charge in [0.25, 0.3) is 0 Å². The smallest absolute Gasteiger partial charge is 0.426 e. The molecule has 0 aliphatic rings. The van der Waals surface area contributed by atoms with Crippen LogP contribution in [0.4, 0.5) is 114 Å². The lowest BCUT2D eigenvalue weighted by Gasteiger charge is -2.39. The summed E-state index contributed by atoms with van der Waals surface area (Å²) in [6, 6.07) is 1.96. The van der Waals surface area contributed by atoms with Gasteiger partial charge in [0.15, 0.2) is 0 Å². The maximum atomic E-state index is 14.1. The van der Waals surface area contributed by atoms with E-state index in [1.807, 2.05) is 0 Å². The summed E-state index contributed by atoms with van der Waals surface area (Å²) in [5.41, 5.74) is -0.787. The lowest BCUT2D eigenvalue weighted by molar-refractivity contribution is -0.439. The number of carbonyl (C=O) groups excluding carboxylic acids is 1. The highest BCUT2D eigenvalue weighted by Gasteiger charge is 2.92. The van der Waals surface area contributed by atoms with Crippen molar-refractivity contribution in [2.45, 2.75) is 110 Å². The van der Waals surface area contributed by atoms with E-state index in [4.69, 9.17) is 4.74 Å². The van der Waals surface area contributed by atoms with Crippen molar-refractivity contribution in [2.75, 3.05) is 11.5 Å². The molecular weight excluding hydrogens is 914 g/mol. The zero-order valence-electron chi connectivity index (χ0n) is 27.4. The van der Waals surface area contributed by atoms with Gasteiger partial charge in [0.1, 0.15) is 5.75 Å². The number of hydrogen-bond donors (Lipinski definition) is 0. The van der Waals surface area contributed by atoms with E-state index in [1.54, 1.807) is 0 Å². The molecule has 0 aliphatic carbocycles. The Labute approximate surface area is 309 Å². The van der Waals surface area contributed by atoms with E-state index >= 15 is 0 Å². The van der Waals surface area contributed by atoms with Crippen molar-refractivity contribution in [3.05, 3.63) is 28.8 Å². The van der Waals surface area contributed by atoms with Gasteiger partial charge in [-0.25, -0.2) is 0 Å². The van der Waals surface area contributed by atoms with Crippen LogP contribution in [0.15, 0.2) is 12.1 Å². The molecule has 1 aromatic carbocycles. The summed E-state index contributed by atoms with van der Waals surface area (Å²) in [7, 11) is 0. The second-order valence-electron chi connectivity index (χ2n) is 11.6. The minimum absolute atomic E-state index is 0.00533. The summed E-state index contributed by atoms with van der Waals surface area (Å²) in [6.45, 7) is 1.82. The number of halogens is 26. The van der Waals surface area contributed by atoms with Crippen molar-refractivity contribution in [1.29, 1.82) is 0 Å². The monoisotopic (exact) mass is 934 g/mol. The fourth-order valence-corrected chi connectivity index (χ4v) is 6.06. The maximum absolute atomic E-state index is 14.1. The third-order valence-corrected chi connectivity index (χ3v) is 9.28. The zero-order valence-corrected chi connectivity index (χ0v) is 29.0. The minimum Gasteiger partial charge on any atom is -0.426 e. The van der Waals surface area contributed by atoms with Gasteiger partial charge in [-0.15, -0.1) is 0 Å². The minimum atomic E-state index is -8.14. The van der Waals surface area contributed by atoms with Gasteiger partial charge in [0.2, 0.25) is 0 Å². The van der Waals surface area contributed by atoms with Gasteiger partial charge >= 0.3 is 77.5 Å². The molecular formula is C27H20F26O2S2. The summed E-state index contributed by atoms with van der Waals surface area (Å²) in [4.78, 5) is 11.6. The average Bonchev–Trinajstić information content (AvgIpc) is 3.00. The second kappa shape index (κ2) is 16.2. The molecule has 0 amide bonds. The number of thioether (sulfide) groups is 2. The van der Waals surface area contributed by atoms with Crippen molar-refractivity contribution in [3.8, 4) is 5.75 Å². The molecule has 0 aliphatic heterocycles. The van der Waals surface area contributed by atoms with Crippen LogP contribution in [0.3, 0.4) is 0 Å². The Hall–Kier alpha value is -2.43. The molecule has 0 spiro atoms. The first-order valence-corrected chi connectivity index (χ1v) is 16.6. The number of benzene rings is 1. The Morgan fingerprint density at radius 3 is 0.982 bits per heavy atom. The standard InChI is InChI=1S/C27H20F26O2S2/c1-11-7-13(9-56-5-3-16(28,29)18(32,33)20(36,37)22(40,41)24(44,45)26(48,49)50)15(55-12(2)54)14(8-11)10-57-6-4-17(30,31)19(34,35)21(38,39)23(42,43)25(46,47)27(51,52)53/h7-8H,3-6,9-10H2,1-2H3. The SMILES string of the molecule is CC(=O)Oc1c(CSCCC(F)(F)C(F)(F)C(F)(F)C(F)(F)C(F)(F)C(F)(F)F)cc(C)cc1CSCCC(F)(F)C(F)(F)C(F)(F)C(F)(F)C(F)(F)C(F)(F)F. The Morgan fingerprint density at radius 2 is 0.737 bits per heavy atom. The third kappa shape index (κ3) is 9.33. The molecule has 0 saturated heterocycles. The molecule has 1 rings (SSSR count). The largest absolute Gasteiger partial charge is 0.460 e. The topological polar surface area (TPSA) is 26.3 Å². The normalized spacial score (nSPS) is 15.3. The highest BCUT2D eigenvalue weighted by atomic mass is 32.2. The summed E-state index contributed by atoms with van der Waals surface area (Å²) < 4.78 is 352. The lowest BCUT2D eigenvalue weighted by atomic mass is 9.93. The Morgan fingerprint density at radius 1 is 0.474 bits per heavy atom. The molecule has 1 aromatic rings. The van der Waals surface area contributed by atoms with Crippen LogP contribution in [-0.2, 0) is 16.3 Å². The Kier molecular flexibility index (Phi) is 15.0. The number of carbonyl (C=O) groups is 1. The van der Waals surface area contributed by atoms with Gasteiger partial charge in [-0.3, -0.25) is 4.79 Å². The number of ether oxygens (including phenoxy) is 1. The average molecular weight is 935 g/mol. The molecule has 0 heterocycles. The van der Waals surface area contributed by atoms with Crippen LogP contribution in [0, 0.1) is 6.92 Å². The van der Waals surface area contributed by atoms with Gasteiger partial charge in [0.05, 0.1) is 0 Å². The summed E-state index contributed by atoms with van der Waals surface area (Å²) >= 11 is -0.0658. The molecule has 0 saturated carbocycles. The van der Waals surface area contributed by atoms with Crippen LogP contribution in [0.25, 0.3) is 0 Å². The van der Waals surface area contributed by atoms with Gasteiger partial charge < -0.3 is 4.74 Å². The third-order valence-electron chi connectivity index (χ3n) is 7.27. The zero-order chi connectivity index (χ0) is 45.7. The van der Waals surface area contributed by atoms with Crippen LogP contribution < -0.4 is 4.74 Å². The van der Waals surface area contributed by atoms with E-state index < -0.39 is 130 Å². The van der Waals surface area contributed by atoms with E-state index in [1.165, 1.54) is 0 Å². The molecule has 0 radical (unpaired) electrons. The van der Waals surface area contributed by atoms with Gasteiger partial charge in [-0.2, -0.15) is 138 Å². The second-order valence-corrected chi connectivity index (χ2v) is 13.8. The van der Waals surface area contributed by atoms with E-state index in [0.29, 0.717) is 6.92 Å². The fourth-order valence-electron chi connectivity index (χ4n) is 4.10. The molecule has 57 heavy (non-hydrogen) atoms. The first kappa shape index (κ1) is 52.6. The molecule has 0 aromatic heterocycles. The van der Waals surface area contributed by atoms with Crippen molar-refractivity contribution in [2.24, 2.45) is 0 Å². The fraction of sp³-hybridized carbons (Fsp3) is 0.741. The number of alkyl halides is 26. The summed E-state index contributed by atoms with van der Waals surface area (Å²) in [5, 5.41) is 0. The van der Waals surface area contributed by atoms with Crippen molar-refractivity contribution < 1.29 is 124 Å². The van der Waals surface area contributed by atoms with Crippen molar-refractivity contribution in [1.82, 2.24) is 0 Å². The molecule has 0 atom stereocenters. The highest BCUT2D eigenvalue weighted by molar-refractivity contribution is 7.98. The summed E-state index contributed by atoms with van der Waals surface area (Å²) in [6.07, 6.45) is -20.5. The van der Waals surface area contributed by atoms with Crippen molar-refractivity contribution in [3.63, 3.8) is 0 Å². The summed E-state index contributed by atoms with van der Waals surface area (Å²) in [5.74, 6) is -83.1. The van der Waals surface area contributed by atoms with Crippen LogP contribution in [0.2, 0.25) is 0 Å². The predicted octanol–water partition coefficient (Wildman–Crippen LogP) is 12.6. The van der Waals surface area contributed by atoms with E-state index in [0.717, 1.165) is 19.1 Å². The number of rotatable bonds is 19.